The molecule has 0 bridgehead atoms. The second-order valence-electron chi connectivity index (χ2n) is 4.83. The first-order chi connectivity index (χ1) is 11.5. The lowest BCUT2D eigenvalue weighted by atomic mass is 10.2. The Morgan fingerprint density at radius 2 is 2.08 bits per heavy atom. The number of carbonyl (C=O) groups excluding carboxylic acids is 2. The Bertz CT molecular complexity index is 739. The number of anilines is 1. The number of hydrogen-bond donors (Lipinski definition) is 2. The van der Waals surface area contributed by atoms with E-state index in [1.165, 1.54) is 6.92 Å². The summed E-state index contributed by atoms with van der Waals surface area (Å²) in [7, 11) is 0. The minimum atomic E-state index is -0.925. The monoisotopic (exact) mass is 348 g/mol. The minimum absolute atomic E-state index is 0.225. The molecule has 0 aliphatic carbocycles. The lowest BCUT2D eigenvalue weighted by molar-refractivity contribution is -0.123. The highest BCUT2D eigenvalue weighted by Crippen LogP contribution is 2.24. The van der Waals surface area contributed by atoms with E-state index < -0.39 is 6.23 Å². The standard InChI is InChI=1S/C16H17ClN4O3/c1-3-13(23)21-16(24-14-8-4-7-12(17)20-14)15-11(19-10(2)22)6-5-9-18-15/h4-9,16H,3H2,1-2H3,(H,19,22)(H,21,23). The number of pyridine rings is 2. The zero-order valence-electron chi connectivity index (χ0n) is 13.2. The van der Waals surface area contributed by atoms with E-state index in [0.717, 1.165) is 0 Å². The van der Waals surface area contributed by atoms with Gasteiger partial charge in [0.15, 0.2) is 0 Å². The van der Waals surface area contributed by atoms with E-state index >= 15 is 0 Å². The smallest absolute Gasteiger partial charge is 0.222 e. The van der Waals surface area contributed by atoms with E-state index in [4.69, 9.17) is 16.3 Å². The summed E-state index contributed by atoms with van der Waals surface area (Å²) in [6, 6.07) is 8.24. The molecule has 0 saturated carbocycles. The zero-order valence-corrected chi connectivity index (χ0v) is 14.0. The lowest BCUT2D eigenvalue weighted by Gasteiger charge is -2.21. The van der Waals surface area contributed by atoms with Gasteiger partial charge in [0.25, 0.3) is 0 Å². The molecule has 0 aromatic carbocycles. The van der Waals surface area contributed by atoms with Crippen molar-refractivity contribution < 1.29 is 14.3 Å². The number of ether oxygens (including phenoxy) is 1. The van der Waals surface area contributed by atoms with Crippen molar-refractivity contribution in [2.24, 2.45) is 0 Å². The number of amides is 2. The van der Waals surface area contributed by atoms with E-state index in [-0.39, 0.29) is 29.3 Å². The summed E-state index contributed by atoms with van der Waals surface area (Å²) in [5.74, 6) is -0.268. The summed E-state index contributed by atoms with van der Waals surface area (Å²) < 4.78 is 5.73. The second-order valence-corrected chi connectivity index (χ2v) is 5.22. The summed E-state index contributed by atoms with van der Waals surface area (Å²) in [4.78, 5) is 31.5. The normalized spacial score (nSPS) is 11.5. The van der Waals surface area contributed by atoms with Gasteiger partial charge in [-0.3, -0.25) is 14.6 Å². The fraction of sp³-hybridized carbons (Fsp3) is 0.250. The molecule has 0 fully saturated rings. The summed E-state index contributed by atoms with van der Waals surface area (Å²) in [5.41, 5.74) is 0.796. The van der Waals surface area contributed by atoms with Crippen molar-refractivity contribution in [3.8, 4) is 5.88 Å². The van der Waals surface area contributed by atoms with Gasteiger partial charge in [-0.2, -0.15) is 0 Å². The van der Waals surface area contributed by atoms with Gasteiger partial charge in [0.1, 0.15) is 10.8 Å². The first kappa shape index (κ1) is 17.7. The van der Waals surface area contributed by atoms with Crippen LogP contribution in [-0.2, 0) is 9.59 Å². The van der Waals surface area contributed by atoms with Gasteiger partial charge in [0.2, 0.25) is 23.9 Å². The van der Waals surface area contributed by atoms with Gasteiger partial charge in [-0.1, -0.05) is 24.6 Å². The molecule has 0 aliphatic rings. The number of halogens is 1. The van der Waals surface area contributed by atoms with E-state index in [1.54, 1.807) is 43.5 Å². The van der Waals surface area contributed by atoms with Gasteiger partial charge in [-0.05, 0) is 18.2 Å². The minimum Gasteiger partial charge on any atom is -0.448 e. The van der Waals surface area contributed by atoms with E-state index in [2.05, 4.69) is 20.6 Å². The van der Waals surface area contributed by atoms with Crippen molar-refractivity contribution in [1.82, 2.24) is 15.3 Å². The molecule has 2 aromatic heterocycles. The highest BCUT2D eigenvalue weighted by molar-refractivity contribution is 6.29. The molecule has 2 aromatic rings. The van der Waals surface area contributed by atoms with Gasteiger partial charge < -0.3 is 15.4 Å². The van der Waals surface area contributed by atoms with Crippen LogP contribution >= 0.6 is 11.6 Å². The van der Waals surface area contributed by atoms with Gasteiger partial charge in [-0.25, -0.2) is 4.98 Å². The Balaban J connectivity index is 2.35. The second kappa shape index (κ2) is 8.26. The molecule has 2 N–H and O–H groups in total. The molecule has 0 spiro atoms. The third kappa shape index (κ3) is 4.92. The molecule has 7 nitrogen and oxygen atoms in total. The largest absolute Gasteiger partial charge is 0.448 e. The number of hydrogen-bond acceptors (Lipinski definition) is 5. The van der Waals surface area contributed by atoms with E-state index in [1.807, 2.05) is 0 Å². The Morgan fingerprint density at radius 1 is 1.29 bits per heavy atom. The Morgan fingerprint density at radius 3 is 2.75 bits per heavy atom. The molecular weight excluding hydrogens is 332 g/mol. The van der Waals surface area contributed by atoms with Crippen molar-refractivity contribution in [2.75, 3.05) is 5.32 Å². The SMILES string of the molecule is CCC(=O)NC(Oc1cccc(Cl)n1)c1ncccc1NC(C)=O. The lowest BCUT2D eigenvalue weighted by Crippen LogP contribution is -2.33. The summed E-state index contributed by atoms with van der Waals surface area (Å²) in [6.45, 7) is 3.10. The van der Waals surface area contributed by atoms with Crippen LogP contribution in [0.2, 0.25) is 5.15 Å². The molecule has 24 heavy (non-hydrogen) atoms. The van der Waals surface area contributed by atoms with Crippen molar-refractivity contribution in [1.29, 1.82) is 0 Å². The molecule has 0 radical (unpaired) electrons. The molecule has 2 heterocycles. The number of nitrogens with zero attached hydrogens (tertiary/aromatic N) is 2. The highest BCUT2D eigenvalue weighted by atomic mass is 35.5. The van der Waals surface area contributed by atoms with Gasteiger partial charge in [0, 0.05) is 25.6 Å². The van der Waals surface area contributed by atoms with Crippen molar-refractivity contribution >= 4 is 29.1 Å². The zero-order chi connectivity index (χ0) is 17.5. The quantitative estimate of drug-likeness (QED) is 0.618. The number of aromatic nitrogens is 2. The summed E-state index contributed by atoms with van der Waals surface area (Å²) in [5, 5.41) is 5.63. The fourth-order valence-corrected chi connectivity index (χ4v) is 2.06. The number of carbonyl (C=O) groups is 2. The van der Waals surface area contributed by atoms with Crippen LogP contribution in [0.15, 0.2) is 36.5 Å². The molecule has 8 heteroatoms. The Kier molecular flexibility index (Phi) is 6.08. The molecule has 126 valence electrons. The van der Waals surface area contributed by atoms with Crippen LogP contribution in [0, 0.1) is 0 Å². The third-order valence-corrected chi connectivity index (χ3v) is 3.15. The first-order valence-electron chi connectivity index (χ1n) is 7.30. The number of nitrogens with one attached hydrogen (secondary N) is 2. The summed E-state index contributed by atoms with van der Waals surface area (Å²) in [6.07, 6.45) is 0.887. The van der Waals surface area contributed by atoms with Crippen LogP contribution in [0.5, 0.6) is 5.88 Å². The number of rotatable bonds is 6. The maximum Gasteiger partial charge on any atom is 0.222 e. The first-order valence-corrected chi connectivity index (χ1v) is 7.68. The predicted octanol–water partition coefficient (Wildman–Crippen LogP) is 2.69. The van der Waals surface area contributed by atoms with E-state index in [0.29, 0.717) is 11.4 Å². The van der Waals surface area contributed by atoms with E-state index in [9.17, 15) is 9.59 Å². The predicted molar refractivity (Wildman–Crippen MR) is 89.6 cm³/mol. The van der Waals surface area contributed by atoms with Gasteiger partial charge >= 0.3 is 0 Å². The maximum absolute atomic E-state index is 11.8. The maximum atomic E-state index is 11.8. The molecular formula is C16H17ClN4O3. The average Bonchev–Trinajstić information content (AvgIpc) is 2.54. The fourth-order valence-electron chi connectivity index (χ4n) is 1.90. The average molecular weight is 349 g/mol. The third-order valence-electron chi connectivity index (χ3n) is 2.94. The van der Waals surface area contributed by atoms with Crippen molar-refractivity contribution in [2.45, 2.75) is 26.5 Å². The Labute approximate surface area is 144 Å². The Hall–Kier alpha value is -2.67. The molecule has 0 aliphatic heterocycles. The molecule has 2 amide bonds. The topological polar surface area (TPSA) is 93.2 Å². The van der Waals surface area contributed by atoms with Crippen LogP contribution in [0.1, 0.15) is 32.2 Å². The van der Waals surface area contributed by atoms with Crippen LogP contribution in [-0.4, -0.2) is 21.8 Å². The van der Waals surface area contributed by atoms with Crippen LogP contribution in [0.25, 0.3) is 0 Å². The molecule has 2 rings (SSSR count). The van der Waals surface area contributed by atoms with Gasteiger partial charge in [-0.15, -0.1) is 0 Å². The van der Waals surface area contributed by atoms with Crippen molar-refractivity contribution in [3.63, 3.8) is 0 Å². The van der Waals surface area contributed by atoms with Crippen molar-refractivity contribution in [3.05, 3.63) is 47.4 Å². The molecule has 1 unspecified atom stereocenters. The van der Waals surface area contributed by atoms with Crippen LogP contribution in [0.4, 0.5) is 5.69 Å². The molecule has 0 saturated heterocycles. The molecule has 1 atom stereocenters. The van der Waals surface area contributed by atoms with Crippen LogP contribution in [0.3, 0.4) is 0 Å². The van der Waals surface area contributed by atoms with Crippen LogP contribution < -0.4 is 15.4 Å². The highest BCUT2D eigenvalue weighted by Gasteiger charge is 2.21. The van der Waals surface area contributed by atoms with Gasteiger partial charge in [0.05, 0.1) is 5.69 Å². The summed E-state index contributed by atoms with van der Waals surface area (Å²) >= 11 is 5.86.